The van der Waals surface area contributed by atoms with Crippen molar-refractivity contribution in [3.8, 4) is 11.5 Å². The van der Waals surface area contributed by atoms with Crippen LogP contribution in [0.4, 0.5) is 4.39 Å². The van der Waals surface area contributed by atoms with Gasteiger partial charge in [0.1, 0.15) is 11.4 Å². The molecule has 29 heavy (non-hydrogen) atoms. The molecule has 0 aliphatic carbocycles. The summed E-state index contributed by atoms with van der Waals surface area (Å²) in [4.78, 5) is 15.3. The molecule has 6 nitrogen and oxygen atoms in total. The molecule has 0 saturated carbocycles. The summed E-state index contributed by atoms with van der Waals surface area (Å²) in [6.45, 7) is 4.75. The monoisotopic (exact) mass is 395 g/mol. The van der Waals surface area contributed by atoms with E-state index in [1.807, 2.05) is 29.1 Å². The lowest BCUT2D eigenvalue weighted by molar-refractivity contribution is 0.0938. The number of nitrogens with one attached hydrogen (secondary N) is 1. The zero-order chi connectivity index (χ0) is 20.2. The lowest BCUT2D eigenvalue weighted by Gasteiger charge is -2.33. The summed E-state index contributed by atoms with van der Waals surface area (Å²) < 4.78 is 17.1. The van der Waals surface area contributed by atoms with Gasteiger partial charge in [0.05, 0.1) is 11.9 Å². The van der Waals surface area contributed by atoms with E-state index in [0.717, 1.165) is 13.1 Å². The van der Waals surface area contributed by atoms with E-state index in [9.17, 15) is 9.18 Å². The van der Waals surface area contributed by atoms with E-state index in [2.05, 4.69) is 22.2 Å². The van der Waals surface area contributed by atoms with Crippen molar-refractivity contribution in [3.05, 3.63) is 66.4 Å². The van der Waals surface area contributed by atoms with Gasteiger partial charge in [-0.25, -0.2) is 9.07 Å². The number of aromatic nitrogens is 3. The van der Waals surface area contributed by atoms with Crippen LogP contribution in [0.2, 0.25) is 0 Å². The number of benzene rings is 1. The number of nitrogens with zero attached hydrogens (tertiary/aromatic N) is 4. The summed E-state index contributed by atoms with van der Waals surface area (Å²) in [5, 5.41) is 7.40. The third kappa shape index (κ3) is 4.24. The number of hydrogen-bond acceptors (Lipinski definition) is 3. The lowest BCUT2D eigenvalue weighted by Crippen LogP contribution is -2.42. The first-order chi connectivity index (χ1) is 14.1. The van der Waals surface area contributed by atoms with Gasteiger partial charge >= 0.3 is 0 Å². The number of likely N-dealkylation sites (tertiary alicyclic amines) is 1. The van der Waals surface area contributed by atoms with Crippen molar-refractivity contribution in [1.29, 1.82) is 0 Å². The van der Waals surface area contributed by atoms with Crippen LogP contribution in [0.1, 0.15) is 36.5 Å². The van der Waals surface area contributed by atoms with E-state index in [4.69, 9.17) is 0 Å². The van der Waals surface area contributed by atoms with Crippen LogP contribution >= 0.6 is 0 Å². The molecule has 3 heterocycles. The molecule has 0 radical (unpaired) electrons. The number of carbonyl (C=O) groups is 1. The van der Waals surface area contributed by atoms with Crippen molar-refractivity contribution in [2.75, 3.05) is 19.6 Å². The van der Waals surface area contributed by atoms with Crippen molar-refractivity contribution < 1.29 is 9.18 Å². The molecule has 152 valence electrons. The van der Waals surface area contributed by atoms with Gasteiger partial charge in [0.25, 0.3) is 5.91 Å². The Morgan fingerprint density at radius 3 is 2.83 bits per heavy atom. The highest BCUT2D eigenvalue weighted by Crippen LogP contribution is 2.20. The van der Waals surface area contributed by atoms with Crippen LogP contribution in [0.3, 0.4) is 0 Å². The standard InChI is InChI=1S/C22H26FN5O/c1-17-7-2-3-11-26(17)14-10-24-21(29)20-16-25-28(19-9-6-8-18(23)15-19)22(20)27-12-4-5-13-27/h4-6,8-9,12-13,15-17H,2-3,7,10-11,14H2,1H3,(H,24,29). The maximum atomic E-state index is 13.7. The van der Waals surface area contributed by atoms with Gasteiger partial charge < -0.3 is 9.88 Å². The Labute approximate surface area is 169 Å². The van der Waals surface area contributed by atoms with Gasteiger partial charge in [-0.3, -0.25) is 9.69 Å². The SMILES string of the molecule is CC1CCCCN1CCNC(=O)c1cnn(-c2cccc(F)c2)c1-n1cccc1. The number of carbonyl (C=O) groups excluding carboxylic acids is 1. The van der Waals surface area contributed by atoms with Gasteiger partial charge in [0.15, 0.2) is 5.82 Å². The number of rotatable bonds is 6. The zero-order valence-electron chi connectivity index (χ0n) is 16.6. The second-order valence-electron chi connectivity index (χ2n) is 7.50. The van der Waals surface area contributed by atoms with E-state index >= 15 is 0 Å². The third-order valence-electron chi connectivity index (χ3n) is 5.52. The van der Waals surface area contributed by atoms with Gasteiger partial charge in [-0.15, -0.1) is 0 Å². The molecule has 1 unspecified atom stereocenters. The fraction of sp³-hybridized carbons (Fsp3) is 0.364. The van der Waals surface area contributed by atoms with Crippen LogP contribution in [-0.4, -0.2) is 50.8 Å². The van der Waals surface area contributed by atoms with Crippen molar-refractivity contribution in [3.63, 3.8) is 0 Å². The first-order valence-electron chi connectivity index (χ1n) is 10.1. The molecule has 7 heteroatoms. The Morgan fingerprint density at radius 2 is 2.07 bits per heavy atom. The zero-order valence-corrected chi connectivity index (χ0v) is 16.6. The minimum Gasteiger partial charge on any atom is -0.351 e. The molecule has 0 spiro atoms. The van der Waals surface area contributed by atoms with Crippen LogP contribution in [0.15, 0.2) is 55.0 Å². The summed E-state index contributed by atoms with van der Waals surface area (Å²) in [7, 11) is 0. The van der Waals surface area contributed by atoms with Crippen molar-refractivity contribution in [1.82, 2.24) is 24.6 Å². The Bertz CT molecular complexity index is 966. The number of halogens is 1. The fourth-order valence-corrected chi connectivity index (χ4v) is 3.92. The van der Waals surface area contributed by atoms with E-state index in [1.165, 1.54) is 31.4 Å². The molecule has 1 atom stereocenters. The minimum absolute atomic E-state index is 0.180. The molecule has 1 N–H and O–H groups in total. The van der Waals surface area contributed by atoms with Crippen LogP contribution in [-0.2, 0) is 0 Å². The molecular formula is C22H26FN5O. The molecule has 1 aliphatic rings. The smallest absolute Gasteiger partial charge is 0.256 e. The van der Waals surface area contributed by atoms with E-state index in [1.54, 1.807) is 23.0 Å². The molecule has 1 aromatic carbocycles. The normalized spacial score (nSPS) is 17.4. The molecule has 1 aliphatic heterocycles. The maximum absolute atomic E-state index is 13.7. The van der Waals surface area contributed by atoms with Gasteiger partial charge in [0, 0.05) is 31.5 Å². The van der Waals surface area contributed by atoms with Crippen LogP contribution in [0.5, 0.6) is 0 Å². The highest BCUT2D eigenvalue weighted by atomic mass is 19.1. The Balaban J connectivity index is 1.54. The van der Waals surface area contributed by atoms with E-state index < -0.39 is 0 Å². The highest BCUT2D eigenvalue weighted by molar-refractivity contribution is 5.97. The Hall–Kier alpha value is -2.93. The van der Waals surface area contributed by atoms with Crippen molar-refractivity contribution in [2.24, 2.45) is 0 Å². The van der Waals surface area contributed by atoms with Gasteiger partial charge in [-0.05, 0) is 56.6 Å². The van der Waals surface area contributed by atoms with Crippen LogP contribution in [0.25, 0.3) is 11.5 Å². The molecule has 0 bridgehead atoms. The molecule has 1 saturated heterocycles. The summed E-state index contributed by atoms with van der Waals surface area (Å²) >= 11 is 0. The number of hydrogen-bond donors (Lipinski definition) is 1. The highest BCUT2D eigenvalue weighted by Gasteiger charge is 2.21. The predicted octanol–water partition coefficient (Wildman–Crippen LogP) is 3.41. The van der Waals surface area contributed by atoms with Gasteiger partial charge in [-0.2, -0.15) is 5.10 Å². The molecule has 1 amide bonds. The molecular weight excluding hydrogens is 369 g/mol. The first kappa shape index (κ1) is 19.4. The van der Waals surface area contributed by atoms with E-state index in [0.29, 0.717) is 29.7 Å². The Morgan fingerprint density at radius 1 is 1.24 bits per heavy atom. The minimum atomic E-state index is -0.349. The molecule has 2 aromatic heterocycles. The summed E-state index contributed by atoms with van der Waals surface area (Å²) in [6, 6.07) is 10.5. The quantitative estimate of drug-likeness (QED) is 0.696. The molecule has 4 rings (SSSR count). The molecule has 1 fully saturated rings. The second-order valence-corrected chi connectivity index (χ2v) is 7.50. The van der Waals surface area contributed by atoms with Crippen molar-refractivity contribution in [2.45, 2.75) is 32.2 Å². The van der Waals surface area contributed by atoms with Gasteiger partial charge in [-0.1, -0.05) is 12.5 Å². The maximum Gasteiger partial charge on any atom is 0.256 e. The predicted molar refractivity (Wildman–Crippen MR) is 110 cm³/mol. The van der Waals surface area contributed by atoms with Crippen molar-refractivity contribution >= 4 is 5.91 Å². The lowest BCUT2D eigenvalue weighted by atomic mass is 10.0. The summed E-state index contributed by atoms with van der Waals surface area (Å²) in [5.74, 6) is 0.0589. The third-order valence-corrected chi connectivity index (χ3v) is 5.52. The van der Waals surface area contributed by atoms with Crippen LogP contribution < -0.4 is 5.32 Å². The Kier molecular flexibility index (Phi) is 5.76. The van der Waals surface area contributed by atoms with E-state index in [-0.39, 0.29) is 11.7 Å². The number of piperidine rings is 1. The van der Waals surface area contributed by atoms with Gasteiger partial charge in [0.2, 0.25) is 0 Å². The summed E-state index contributed by atoms with van der Waals surface area (Å²) in [5.41, 5.74) is 1.02. The first-order valence-corrected chi connectivity index (χ1v) is 10.1. The largest absolute Gasteiger partial charge is 0.351 e. The fourth-order valence-electron chi connectivity index (χ4n) is 3.92. The number of amides is 1. The second kappa shape index (κ2) is 8.61. The topological polar surface area (TPSA) is 55.1 Å². The van der Waals surface area contributed by atoms with Crippen LogP contribution in [0, 0.1) is 5.82 Å². The average Bonchev–Trinajstić information content (AvgIpc) is 3.39. The molecule has 3 aromatic rings. The summed E-state index contributed by atoms with van der Waals surface area (Å²) in [6.07, 6.45) is 8.95. The average molecular weight is 395 g/mol.